The topological polar surface area (TPSA) is 61.9 Å². The van der Waals surface area contributed by atoms with Gasteiger partial charge in [-0.05, 0) is 26.1 Å². The summed E-state index contributed by atoms with van der Waals surface area (Å²) in [6.07, 6.45) is 0.548. The third-order valence-corrected chi connectivity index (χ3v) is 3.64. The lowest BCUT2D eigenvalue weighted by Crippen LogP contribution is -2.32. The fourth-order valence-electron chi connectivity index (χ4n) is 1.34. The van der Waals surface area contributed by atoms with Gasteiger partial charge in [-0.3, -0.25) is 4.90 Å². The van der Waals surface area contributed by atoms with Crippen molar-refractivity contribution in [3.05, 3.63) is 21.3 Å². The van der Waals surface area contributed by atoms with Gasteiger partial charge in [0, 0.05) is 23.9 Å². The lowest BCUT2D eigenvalue weighted by atomic mass is 10.2. The number of amidine groups is 1. The molecule has 0 amide bonds. The van der Waals surface area contributed by atoms with Crippen LogP contribution in [0.2, 0.25) is 4.34 Å². The van der Waals surface area contributed by atoms with Crippen LogP contribution in [0.15, 0.2) is 17.3 Å². The van der Waals surface area contributed by atoms with Gasteiger partial charge in [-0.1, -0.05) is 16.8 Å². The zero-order chi connectivity index (χ0) is 12.1. The van der Waals surface area contributed by atoms with E-state index in [-0.39, 0.29) is 11.9 Å². The third kappa shape index (κ3) is 4.00. The van der Waals surface area contributed by atoms with Crippen LogP contribution in [0.4, 0.5) is 0 Å². The average Bonchev–Trinajstić information content (AvgIpc) is 2.63. The van der Waals surface area contributed by atoms with Crippen LogP contribution in [-0.2, 0) is 6.54 Å². The Bertz CT molecular complexity index is 367. The first kappa shape index (κ1) is 13.3. The Morgan fingerprint density at radius 2 is 2.38 bits per heavy atom. The van der Waals surface area contributed by atoms with Gasteiger partial charge in [0.2, 0.25) is 0 Å². The molecule has 3 N–H and O–H groups in total. The lowest BCUT2D eigenvalue weighted by molar-refractivity contribution is 0.253. The standard InChI is InChI=1S/C10H16ClN3OS/c1-7(5-10(12)13-15)14(2)6-8-3-4-9(11)16-8/h3-4,7,15H,5-6H2,1-2H3,(H2,12,13). The van der Waals surface area contributed by atoms with Gasteiger partial charge in [0.1, 0.15) is 5.84 Å². The molecule has 0 aliphatic heterocycles. The Kier molecular flexibility index (Phi) is 5.05. The van der Waals surface area contributed by atoms with Crippen molar-refractivity contribution in [1.82, 2.24) is 4.90 Å². The minimum Gasteiger partial charge on any atom is -0.409 e. The third-order valence-electron chi connectivity index (χ3n) is 2.42. The summed E-state index contributed by atoms with van der Waals surface area (Å²) in [7, 11) is 2.00. The van der Waals surface area contributed by atoms with Gasteiger partial charge < -0.3 is 10.9 Å². The predicted octanol–water partition coefficient (Wildman–Crippen LogP) is 2.36. The highest BCUT2D eigenvalue weighted by atomic mass is 35.5. The molecule has 4 nitrogen and oxygen atoms in total. The van der Waals surface area contributed by atoms with E-state index in [1.165, 1.54) is 4.88 Å². The summed E-state index contributed by atoms with van der Waals surface area (Å²) in [6.45, 7) is 2.85. The molecule has 1 unspecified atom stereocenters. The van der Waals surface area contributed by atoms with Gasteiger partial charge in [0.15, 0.2) is 0 Å². The van der Waals surface area contributed by atoms with Crippen LogP contribution in [-0.4, -0.2) is 29.0 Å². The van der Waals surface area contributed by atoms with Crippen LogP contribution in [0.25, 0.3) is 0 Å². The molecule has 0 radical (unpaired) electrons. The second-order valence-electron chi connectivity index (χ2n) is 3.77. The summed E-state index contributed by atoms with van der Waals surface area (Å²) in [5.41, 5.74) is 5.46. The number of oxime groups is 1. The molecule has 0 saturated carbocycles. The molecular weight excluding hydrogens is 246 g/mol. The van der Waals surface area contributed by atoms with Crippen LogP contribution in [0.3, 0.4) is 0 Å². The first-order valence-corrected chi connectivity index (χ1v) is 6.13. The zero-order valence-electron chi connectivity index (χ0n) is 9.35. The van der Waals surface area contributed by atoms with Crippen molar-refractivity contribution < 1.29 is 5.21 Å². The Labute approximate surface area is 104 Å². The van der Waals surface area contributed by atoms with Crippen LogP contribution >= 0.6 is 22.9 Å². The maximum absolute atomic E-state index is 8.49. The van der Waals surface area contributed by atoms with Gasteiger partial charge in [0.25, 0.3) is 0 Å². The van der Waals surface area contributed by atoms with E-state index in [4.69, 9.17) is 22.5 Å². The predicted molar refractivity (Wildman–Crippen MR) is 68.3 cm³/mol. The molecule has 0 aliphatic rings. The normalized spacial score (nSPS) is 14.4. The molecule has 0 aliphatic carbocycles. The van der Waals surface area contributed by atoms with Crippen molar-refractivity contribution in [2.75, 3.05) is 7.05 Å². The molecule has 1 rings (SSSR count). The van der Waals surface area contributed by atoms with Gasteiger partial charge in [-0.15, -0.1) is 11.3 Å². The fourth-order valence-corrected chi connectivity index (χ4v) is 2.49. The Balaban J connectivity index is 2.48. The minimum atomic E-state index is 0.219. The highest BCUT2D eigenvalue weighted by Gasteiger charge is 2.12. The molecule has 0 saturated heterocycles. The average molecular weight is 262 g/mol. The number of rotatable bonds is 5. The molecule has 0 bridgehead atoms. The van der Waals surface area contributed by atoms with Crippen molar-refractivity contribution in [2.45, 2.75) is 25.9 Å². The van der Waals surface area contributed by atoms with Crippen LogP contribution in [0.1, 0.15) is 18.2 Å². The number of halogens is 1. The summed E-state index contributed by atoms with van der Waals surface area (Å²) < 4.78 is 0.799. The molecule has 0 spiro atoms. The highest BCUT2D eigenvalue weighted by Crippen LogP contribution is 2.23. The summed E-state index contributed by atoms with van der Waals surface area (Å²) in [6, 6.07) is 4.13. The molecule has 1 heterocycles. The molecule has 1 aromatic heterocycles. The van der Waals surface area contributed by atoms with Crippen molar-refractivity contribution in [1.29, 1.82) is 0 Å². The van der Waals surface area contributed by atoms with E-state index in [0.29, 0.717) is 6.42 Å². The van der Waals surface area contributed by atoms with E-state index < -0.39 is 0 Å². The smallest absolute Gasteiger partial charge is 0.140 e. The maximum Gasteiger partial charge on any atom is 0.140 e. The highest BCUT2D eigenvalue weighted by molar-refractivity contribution is 7.16. The second kappa shape index (κ2) is 6.08. The molecule has 1 atom stereocenters. The van der Waals surface area contributed by atoms with E-state index in [9.17, 15) is 0 Å². The Hall–Kier alpha value is -0.780. The van der Waals surface area contributed by atoms with E-state index in [2.05, 4.69) is 10.1 Å². The summed E-state index contributed by atoms with van der Waals surface area (Å²) in [5.74, 6) is 0.253. The van der Waals surface area contributed by atoms with Crippen LogP contribution in [0, 0.1) is 0 Å². The van der Waals surface area contributed by atoms with Crippen LogP contribution < -0.4 is 5.73 Å². The number of hydrogen-bond acceptors (Lipinski definition) is 4. The van der Waals surface area contributed by atoms with Gasteiger partial charge in [-0.25, -0.2) is 0 Å². The van der Waals surface area contributed by atoms with E-state index >= 15 is 0 Å². The molecular formula is C10H16ClN3OS. The molecule has 1 aromatic rings. The van der Waals surface area contributed by atoms with Gasteiger partial charge in [-0.2, -0.15) is 0 Å². The monoisotopic (exact) mass is 261 g/mol. The quantitative estimate of drug-likeness (QED) is 0.370. The maximum atomic E-state index is 8.49. The van der Waals surface area contributed by atoms with E-state index in [0.717, 1.165) is 10.9 Å². The second-order valence-corrected chi connectivity index (χ2v) is 5.57. The SMILES string of the molecule is CC(C/C(N)=N/O)N(C)Cc1ccc(Cl)s1. The number of nitrogens with two attached hydrogens (primary N) is 1. The van der Waals surface area contributed by atoms with E-state index in [1.54, 1.807) is 11.3 Å². The molecule has 0 fully saturated rings. The summed E-state index contributed by atoms with van der Waals surface area (Å²) >= 11 is 7.43. The number of hydrogen-bond donors (Lipinski definition) is 2. The van der Waals surface area contributed by atoms with Gasteiger partial charge in [0.05, 0.1) is 4.34 Å². The largest absolute Gasteiger partial charge is 0.409 e. The van der Waals surface area contributed by atoms with Gasteiger partial charge >= 0.3 is 0 Å². The summed E-state index contributed by atoms with van der Waals surface area (Å²) in [4.78, 5) is 3.35. The number of nitrogens with zero attached hydrogens (tertiary/aromatic N) is 2. The fraction of sp³-hybridized carbons (Fsp3) is 0.500. The molecule has 90 valence electrons. The Morgan fingerprint density at radius 3 is 2.88 bits per heavy atom. The van der Waals surface area contributed by atoms with Crippen molar-refractivity contribution in [3.63, 3.8) is 0 Å². The molecule has 0 aromatic carbocycles. The summed E-state index contributed by atoms with van der Waals surface area (Å²) in [5, 5.41) is 11.5. The van der Waals surface area contributed by atoms with Crippen molar-refractivity contribution in [2.24, 2.45) is 10.9 Å². The first-order valence-electron chi connectivity index (χ1n) is 4.93. The molecule has 16 heavy (non-hydrogen) atoms. The zero-order valence-corrected chi connectivity index (χ0v) is 10.9. The van der Waals surface area contributed by atoms with Crippen LogP contribution in [0.5, 0.6) is 0 Å². The molecule has 6 heteroatoms. The minimum absolute atomic E-state index is 0.219. The number of thiophene rings is 1. The lowest BCUT2D eigenvalue weighted by Gasteiger charge is -2.23. The Morgan fingerprint density at radius 1 is 1.69 bits per heavy atom. The van der Waals surface area contributed by atoms with E-state index in [1.807, 2.05) is 26.1 Å². The van der Waals surface area contributed by atoms with Crippen molar-refractivity contribution in [3.8, 4) is 0 Å². The first-order chi connectivity index (χ1) is 7.52. The van der Waals surface area contributed by atoms with Crippen molar-refractivity contribution >= 4 is 28.8 Å².